The van der Waals surface area contributed by atoms with Gasteiger partial charge in [-0.25, -0.2) is 4.79 Å². The Bertz CT molecular complexity index is 1410. The molecule has 0 radical (unpaired) electrons. The predicted molar refractivity (Wildman–Crippen MR) is 190 cm³/mol. The van der Waals surface area contributed by atoms with Crippen LogP contribution in [0.5, 0.6) is 5.75 Å². The molecule has 49 heavy (non-hydrogen) atoms. The number of benzene rings is 2. The van der Waals surface area contributed by atoms with Crippen molar-refractivity contribution in [2.75, 3.05) is 19.7 Å². The molecular weight excluding hydrogens is 622 g/mol. The molecule has 270 valence electrons. The molecule has 3 rings (SSSR count). The van der Waals surface area contributed by atoms with Gasteiger partial charge in [0.15, 0.2) is 0 Å². The molecule has 1 heterocycles. The van der Waals surface area contributed by atoms with Crippen LogP contribution in [0.3, 0.4) is 0 Å². The first-order valence-electron chi connectivity index (χ1n) is 17.5. The number of nitrogens with one attached hydrogen (secondary N) is 2. The summed E-state index contributed by atoms with van der Waals surface area (Å²) >= 11 is 0. The Labute approximate surface area is 292 Å². The van der Waals surface area contributed by atoms with E-state index in [-0.39, 0.29) is 37.3 Å². The number of hydrogen-bond acceptors (Lipinski definition) is 7. The van der Waals surface area contributed by atoms with Crippen LogP contribution in [0, 0.1) is 19.8 Å². The normalized spacial score (nSPS) is 15.6. The van der Waals surface area contributed by atoms with E-state index in [4.69, 9.17) is 14.2 Å². The zero-order chi connectivity index (χ0) is 36.2. The highest BCUT2D eigenvalue weighted by Gasteiger charge is 2.28. The van der Waals surface area contributed by atoms with Crippen molar-refractivity contribution in [2.45, 2.75) is 124 Å². The lowest BCUT2D eigenvalue weighted by Gasteiger charge is -2.34. The maximum atomic E-state index is 13.5. The number of nitrogens with zero attached hydrogens (tertiary/aromatic N) is 1. The van der Waals surface area contributed by atoms with E-state index in [1.807, 2.05) is 77.1 Å². The van der Waals surface area contributed by atoms with Gasteiger partial charge in [-0.05, 0) is 122 Å². The second kappa shape index (κ2) is 18.1. The molecular formula is C39H57N3O7. The van der Waals surface area contributed by atoms with Crippen LogP contribution in [0.2, 0.25) is 0 Å². The largest absolute Gasteiger partial charge is 0.493 e. The van der Waals surface area contributed by atoms with E-state index >= 15 is 0 Å². The summed E-state index contributed by atoms with van der Waals surface area (Å²) in [6, 6.07) is 13.0. The molecule has 10 nitrogen and oxygen atoms in total. The van der Waals surface area contributed by atoms with E-state index in [0.29, 0.717) is 38.5 Å². The van der Waals surface area contributed by atoms with Crippen molar-refractivity contribution in [1.29, 1.82) is 0 Å². The van der Waals surface area contributed by atoms with E-state index in [2.05, 4.69) is 10.6 Å². The van der Waals surface area contributed by atoms with Gasteiger partial charge in [0.1, 0.15) is 23.0 Å². The molecule has 0 spiro atoms. The standard InChI is InChI=1S/C39H57N3O7/c1-27-23-28(2)33(47-22-20-30-15-12-21-42(26-30)37(46)49-39(6,7)8)24-31(27)25-40-36(45)32(17-16-29-13-10-9-11-14-29)41-34(43)18-19-35(44)48-38(3,4)5/h9-11,13-14,23-24,30,32H,12,15-22,25-26H2,1-8H3,(H,40,45)(H,41,43). The third kappa shape index (κ3) is 14.5. The molecule has 1 saturated heterocycles. The molecule has 0 saturated carbocycles. The van der Waals surface area contributed by atoms with Gasteiger partial charge in [-0.3, -0.25) is 14.4 Å². The molecule has 2 aromatic rings. The molecule has 2 aromatic carbocycles. The summed E-state index contributed by atoms with van der Waals surface area (Å²) in [7, 11) is 0. The molecule has 0 aliphatic carbocycles. The van der Waals surface area contributed by atoms with E-state index in [9.17, 15) is 19.2 Å². The SMILES string of the molecule is Cc1cc(C)c(OCCC2CCCN(C(=O)OC(C)(C)C)C2)cc1CNC(=O)C(CCc1ccccc1)NC(=O)CCC(=O)OC(C)(C)C. The maximum Gasteiger partial charge on any atom is 0.410 e. The second-order valence-corrected chi connectivity index (χ2v) is 15.1. The predicted octanol–water partition coefficient (Wildman–Crippen LogP) is 6.58. The van der Waals surface area contributed by atoms with Gasteiger partial charge in [-0.15, -0.1) is 0 Å². The van der Waals surface area contributed by atoms with Crippen LogP contribution in [0.1, 0.15) is 102 Å². The number of hydrogen-bond donors (Lipinski definition) is 2. The zero-order valence-corrected chi connectivity index (χ0v) is 30.8. The van der Waals surface area contributed by atoms with Crippen molar-refractivity contribution in [3.05, 3.63) is 64.7 Å². The average molecular weight is 680 g/mol. The van der Waals surface area contributed by atoms with Crippen LogP contribution >= 0.6 is 0 Å². The number of aryl methyl sites for hydroxylation is 3. The van der Waals surface area contributed by atoms with Crippen LogP contribution in [-0.4, -0.2) is 65.7 Å². The van der Waals surface area contributed by atoms with Crippen molar-refractivity contribution in [1.82, 2.24) is 15.5 Å². The zero-order valence-electron chi connectivity index (χ0n) is 30.8. The number of esters is 1. The Kier molecular flexibility index (Phi) is 14.5. The molecule has 1 fully saturated rings. The summed E-state index contributed by atoms with van der Waals surface area (Å²) in [5.41, 5.74) is 2.85. The van der Waals surface area contributed by atoms with Crippen LogP contribution < -0.4 is 15.4 Å². The third-order valence-corrected chi connectivity index (χ3v) is 8.23. The van der Waals surface area contributed by atoms with Crippen LogP contribution in [0.25, 0.3) is 0 Å². The summed E-state index contributed by atoms with van der Waals surface area (Å²) in [4.78, 5) is 52.8. The van der Waals surface area contributed by atoms with E-state index in [1.165, 1.54) is 0 Å². The minimum Gasteiger partial charge on any atom is -0.493 e. The van der Waals surface area contributed by atoms with Gasteiger partial charge >= 0.3 is 12.1 Å². The van der Waals surface area contributed by atoms with Gasteiger partial charge in [0.25, 0.3) is 0 Å². The summed E-state index contributed by atoms with van der Waals surface area (Å²) in [5.74, 6) is -0.0460. The fraction of sp³-hybridized carbons (Fsp3) is 0.590. The number of rotatable bonds is 14. The lowest BCUT2D eigenvalue weighted by Crippen LogP contribution is -2.47. The van der Waals surface area contributed by atoms with Crippen LogP contribution in [0.15, 0.2) is 42.5 Å². The van der Waals surface area contributed by atoms with E-state index < -0.39 is 23.2 Å². The molecule has 2 atom stereocenters. The molecule has 0 bridgehead atoms. The van der Waals surface area contributed by atoms with Gasteiger partial charge in [-0.2, -0.15) is 0 Å². The topological polar surface area (TPSA) is 123 Å². The molecule has 2 unspecified atom stereocenters. The number of ether oxygens (including phenoxy) is 3. The summed E-state index contributed by atoms with van der Waals surface area (Å²) in [6.45, 7) is 17.1. The van der Waals surface area contributed by atoms with E-state index in [0.717, 1.165) is 47.3 Å². The Morgan fingerprint density at radius 2 is 1.61 bits per heavy atom. The lowest BCUT2D eigenvalue weighted by molar-refractivity contribution is -0.155. The third-order valence-electron chi connectivity index (χ3n) is 8.23. The highest BCUT2D eigenvalue weighted by Crippen LogP contribution is 2.26. The van der Waals surface area contributed by atoms with Crippen molar-refractivity contribution in [2.24, 2.45) is 5.92 Å². The first-order chi connectivity index (χ1) is 23.0. The first kappa shape index (κ1) is 39.4. The molecule has 2 N–H and O–H groups in total. The highest BCUT2D eigenvalue weighted by molar-refractivity contribution is 5.88. The molecule has 1 aliphatic heterocycles. The molecule has 10 heteroatoms. The van der Waals surface area contributed by atoms with Gasteiger partial charge in [0.2, 0.25) is 11.8 Å². The Balaban J connectivity index is 1.58. The summed E-state index contributed by atoms with van der Waals surface area (Å²) in [5, 5.41) is 5.85. The van der Waals surface area contributed by atoms with Crippen molar-refractivity contribution < 1.29 is 33.4 Å². The fourth-order valence-electron chi connectivity index (χ4n) is 5.75. The minimum atomic E-state index is -0.774. The van der Waals surface area contributed by atoms with E-state index in [1.54, 1.807) is 25.7 Å². The summed E-state index contributed by atoms with van der Waals surface area (Å²) in [6.07, 6.45) is 3.40. The maximum absolute atomic E-state index is 13.5. The average Bonchev–Trinajstić information content (AvgIpc) is 3.01. The fourth-order valence-corrected chi connectivity index (χ4v) is 5.75. The second-order valence-electron chi connectivity index (χ2n) is 15.1. The molecule has 0 aromatic heterocycles. The Morgan fingerprint density at radius 3 is 2.29 bits per heavy atom. The lowest BCUT2D eigenvalue weighted by atomic mass is 9.95. The van der Waals surface area contributed by atoms with Crippen molar-refractivity contribution in [3.63, 3.8) is 0 Å². The van der Waals surface area contributed by atoms with Gasteiger partial charge in [0, 0.05) is 26.1 Å². The molecule has 1 aliphatic rings. The number of carbonyl (C=O) groups is 4. The summed E-state index contributed by atoms with van der Waals surface area (Å²) < 4.78 is 17.1. The molecule has 3 amide bonds. The van der Waals surface area contributed by atoms with Gasteiger partial charge < -0.3 is 29.7 Å². The minimum absolute atomic E-state index is 0.0653. The quantitative estimate of drug-likeness (QED) is 0.217. The smallest absolute Gasteiger partial charge is 0.410 e. The number of piperidine rings is 1. The monoisotopic (exact) mass is 679 g/mol. The van der Waals surface area contributed by atoms with Crippen LogP contribution in [-0.2, 0) is 36.8 Å². The number of carbonyl (C=O) groups excluding carboxylic acids is 4. The van der Waals surface area contributed by atoms with Gasteiger partial charge in [-0.1, -0.05) is 36.4 Å². The Morgan fingerprint density at radius 1 is 0.918 bits per heavy atom. The number of likely N-dealkylation sites (tertiary alicyclic amines) is 1. The van der Waals surface area contributed by atoms with Crippen LogP contribution in [0.4, 0.5) is 4.79 Å². The highest BCUT2D eigenvalue weighted by atomic mass is 16.6. The van der Waals surface area contributed by atoms with Crippen molar-refractivity contribution >= 4 is 23.9 Å². The first-order valence-corrected chi connectivity index (χ1v) is 17.5. The van der Waals surface area contributed by atoms with Gasteiger partial charge in [0.05, 0.1) is 13.0 Å². The Hall–Kier alpha value is -4.08. The number of amides is 3. The van der Waals surface area contributed by atoms with Crippen molar-refractivity contribution in [3.8, 4) is 5.75 Å².